The summed E-state index contributed by atoms with van der Waals surface area (Å²) in [6.07, 6.45) is 5.71. The number of hydrogen-bond acceptors (Lipinski definition) is 5. The lowest BCUT2D eigenvalue weighted by Gasteiger charge is -2.34. The quantitative estimate of drug-likeness (QED) is 0.730. The Bertz CT molecular complexity index is 849. The van der Waals surface area contributed by atoms with Crippen LogP contribution in [-0.4, -0.2) is 55.3 Å². The Morgan fingerprint density at radius 2 is 1.64 bits per heavy atom. The normalized spacial score (nSPS) is 16.6. The van der Waals surface area contributed by atoms with E-state index in [4.69, 9.17) is 0 Å². The van der Waals surface area contributed by atoms with Gasteiger partial charge in [-0.05, 0) is 37.6 Å². The molecule has 1 aliphatic heterocycles. The first kappa shape index (κ1) is 16.2. The topological polar surface area (TPSA) is 49.6 Å². The minimum atomic E-state index is 0.809. The number of imidazole rings is 1. The molecule has 0 N–H and O–H groups in total. The van der Waals surface area contributed by atoms with E-state index >= 15 is 0 Å². The largest absolute Gasteiger partial charge is 0.297 e. The van der Waals surface area contributed by atoms with Crippen molar-refractivity contribution in [2.45, 2.75) is 26.9 Å². The molecule has 25 heavy (non-hydrogen) atoms. The van der Waals surface area contributed by atoms with Crippen molar-refractivity contribution in [1.29, 1.82) is 0 Å². The summed E-state index contributed by atoms with van der Waals surface area (Å²) in [4.78, 5) is 18.1. The van der Waals surface area contributed by atoms with Crippen LogP contribution >= 0.6 is 0 Å². The van der Waals surface area contributed by atoms with Gasteiger partial charge >= 0.3 is 0 Å². The lowest BCUT2D eigenvalue weighted by Crippen LogP contribution is -2.45. The van der Waals surface area contributed by atoms with Crippen LogP contribution in [0.4, 0.5) is 0 Å². The number of pyridine rings is 1. The van der Waals surface area contributed by atoms with E-state index in [1.165, 1.54) is 17.0 Å². The van der Waals surface area contributed by atoms with Gasteiger partial charge in [0.25, 0.3) is 0 Å². The van der Waals surface area contributed by atoms with Gasteiger partial charge in [-0.25, -0.2) is 9.97 Å². The van der Waals surface area contributed by atoms with Crippen molar-refractivity contribution in [1.82, 2.24) is 29.2 Å². The Hall–Kier alpha value is -2.31. The third-order valence-electron chi connectivity index (χ3n) is 4.87. The molecule has 0 amide bonds. The Balaban J connectivity index is 1.39. The van der Waals surface area contributed by atoms with Crippen molar-refractivity contribution in [3.8, 4) is 0 Å². The van der Waals surface area contributed by atoms with E-state index in [0.717, 1.165) is 50.7 Å². The summed E-state index contributed by atoms with van der Waals surface area (Å²) in [5.41, 5.74) is 4.78. The summed E-state index contributed by atoms with van der Waals surface area (Å²) in [5.74, 6) is 0.809. The van der Waals surface area contributed by atoms with E-state index in [9.17, 15) is 0 Å². The minimum absolute atomic E-state index is 0.809. The van der Waals surface area contributed by atoms with E-state index in [1.807, 2.05) is 25.5 Å². The second-order valence-electron chi connectivity index (χ2n) is 6.83. The summed E-state index contributed by atoms with van der Waals surface area (Å²) in [6, 6.07) is 6.32. The van der Waals surface area contributed by atoms with Crippen molar-refractivity contribution < 1.29 is 0 Å². The van der Waals surface area contributed by atoms with E-state index in [2.05, 4.69) is 54.3 Å². The smallest absolute Gasteiger partial charge is 0.234 e. The van der Waals surface area contributed by atoms with E-state index in [1.54, 1.807) is 0 Å². The van der Waals surface area contributed by atoms with Crippen LogP contribution in [0.5, 0.6) is 0 Å². The highest BCUT2D eigenvalue weighted by Gasteiger charge is 2.19. The predicted octanol–water partition coefficient (Wildman–Crippen LogP) is 2.06. The summed E-state index contributed by atoms with van der Waals surface area (Å²) in [6.45, 7) is 10.4. The Kier molecular flexibility index (Phi) is 4.46. The number of fused-ring (bicyclic) bond motifs is 1. The van der Waals surface area contributed by atoms with Gasteiger partial charge in [-0.2, -0.15) is 0 Å². The van der Waals surface area contributed by atoms with Crippen molar-refractivity contribution in [2.75, 3.05) is 26.2 Å². The molecule has 1 fully saturated rings. The van der Waals surface area contributed by atoms with Crippen molar-refractivity contribution >= 4 is 5.78 Å². The van der Waals surface area contributed by atoms with Gasteiger partial charge in [0.05, 0.1) is 11.9 Å². The number of aromatic nitrogens is 4. The van der Waals surface area contributed by atoms with Crippen LogP contribution < -0.4 is 0 Å². The maximum Gasteiger partial charge on any atom is 0.234 e. The summed E-state index contributed by atoms with van der Waals surface area (Å²) in [7, 11) is 0. The first-order valence-electron chi connectivity index (χ1n) is 8.83. The Morgan fingerprint density at radius 1 is 0.960 bits per heavy atom. The van der Waals surface area contributed by atoms with Gasteiger partial charge in [0, 0.05) is 63.1 Å². The average molecular weight is 336 g/mol. The lowest BCUT2D eigenvalue weighted by molar-refractivity contribution is 0.120. The molecule has 6 nitrogen and oxygen atoms in total. The van der Waals surface area contributed by atoms with Crippen LogP contribution in [0.15, 0.2) is 36.8 Å². The highest BCUT2D eigenvalue weighted by Crippen LogP contribution is 2.14. The standard InChI is InChI=1S/C19H24N6/c1-15-11-16(2)25-18(12-21-19(25)22-15)14-24-9-7-23(8-10-24)13-17-3-5-20-6-4-17/h3-6,11-12H,7-10,13-14H2,1-2H3. The third-order valence-corrected chi connectivity index (χ3v) is 4.87. The second kappa shape index (κ2) is 6.90. The van der Waals surface area contributed by atoms with Crippen molar-refractivity contribution in [3.63, 3.8) is 0 Å². The zero-order chi connectivity index (χ0) is 17.2. The Labute approximate surface area is 148 Å². The minimum Gasteiger partial charge on any atom is -0.297 e. The molecule has 3 aromatic heterocycles. The molecule has 4 heterocycles. The third kappa shape index (κ3) is 3.55. The van der Waals surface area contributed by atoms with Crippen molar-refractivity contribution in [3.05, 3.63) is 59.4 Å². The molecule has 0 radical (unpaired) electrons. The molecule has 0 aliphatic carbocycles. The summed E-state index contributed by atoms with van der Waals surface area (Å²) >= 11 is 0. The van der Waals surface area contributed by atoms with Gasteiger partial charge < -0.3 is 0 Å². The molecule has 1 saturated heterocycles. The van der Waals surface area contributed by atoms with Crippen LogP contribution in [0.25, 0.3) is 5.78 Å². The van der Waals surface area contributed by atoms with Crippen LogP contribution in [-0.2, 0) is 13.1 Å². The van der Waals surface area contributed by atoms with Gasteiger partial charge in [-0.15, -0.1) is 0 Å². The second-order valence-corrected chi connectivity index (χ2v) is 6.83. The maximum absolute atomic E-state index is 4.53. The van der Waals surface area contributed by atoms with Crippen LogP contribution in [0, 0.1) is 13.8 Å². The van der Waals surface area contributed by atoms with Crippen LogP contribution in [0.3, 0.4) is 0 Å². The molecule has 3 aromatic rings. The first-order chi connectivity index (χ1) is 12.2. The number of nitrogens with zero attached hydrogens (tertiary/aromatic N) is 6. The number of hydrogen-bond donors (Lipinski definition) is 0. The fourth-order valence-corrected chi connectivity index (χ4v) is 3.59. The van der Waals surface area contributed by atoms with Gasteiger partial charge in [-0.1, -0.05) is 0 Å². The van der Waals surface area contributed by atoms with Crippen LogP contribution in [0.1, 0.15) is 22.6 Å². The van der Waals surface area contributed by atoms with Gasteiger partial charge in [0.2, 0.25) is 5.78 Å². The van der Waals surface area contributed by atoms with Gasteiger partial charge in [-0.3, -0.25) is 19.2 Å². The lowest BCUT2D eigenvalue weighted by atomic mass is 10.2. The highest BCUT2D eigenvalue weighted by molar-refractivity contribution is 5.35. The summed E-state index contributed by atoms with van der Waals surface area (Å²) < 4.78 is 2.18. The fourth-order valence-electron chi connectivity index (χ4n) is 3.59. The average Bonchev–Trinajstić information content (AvgIpc) is 3.00. The zero-order valence-electron chi connectivity index (χ0n) is 14.9. The molecular weight excluding hydrogens is 312 g/mol. The SMILES string of the molecule is Cc1cc(C)n2c(CN3CCN(Cc4ccncc4)CC3)cnc2n1. The molecule has 0 atom stereocenters. The molecule has 4 rings (SSSR count). The fraction of sp³-hybridized carbons (Fsp3) is 0.421. The maximum atomic E-state index is 4.53. The molecule has 0 bridgehead atoms. The molecule has 6 heteroatoms. The number of aryl methyl sites for hydroxylation is 2. The predicted molar refractivity (Wildman–Crippen MR) is 97.3 cm³/mol. The molecular formula is C19H24N6. The molecule has 0 unspecified atom stereocenters. The monoisotopic (exact) mass is 336 g/mol. The van der Waals surface area contributed by atoms with E-state index in [-0.39, 0.29) is 0 Å². The van der Waals surface area contributed by atoms with Gasteiger partial charge in [0.1, 0.15) is 0 Å². The van der Waals surface area contributed by atoms with Crippen LogP contribution in [0.2, 0.25) is 0 Å². The first-order valence-corrected chi connectivity index (χ1v) is 8.83. The number of rotatable bonds is 4. The van der Waals surface area contributed by atoms with Crippen molar-refractivity contribution in [2.24, 2.45) is 0 Å². The molecule has 130 valence electrons. The highest BCUT2D eigenvalue weighted by atomic mass is 15.3. The summed E-state index contributed by atoms with van der Waals surface area (Å²) in [5, 5.41) is 0. The zero-order valence-corrected chi connectivity index (χ0v) is 14.9. The molecule has 0 spiro atoms. The van der Waals surface area contributed by atoms with E-state index < -0.39 is 0 Å². The molecule has 0 aromatic carbocycles. The number of piperazine rings is 1. The van der Waals surface area contributed by atoms with E-state index in [0.29, 0.717) is 0 Å². The molecule has 1 aliphatic rings. The molecule has 0 saturated carbocycles. The Morgan fingerprint density at radius 3 is 2.36 bits per heavy atom. The van der Waals surface area contributed by atoms with Gasteiger partial charge in [0.15, 0.2) is 0 Å².